The molecule has 1 aromatic carbocycles. The van der Waals surface area contributed by atoms with Crippen molar-refractivity contribution in [2.45, 2.75) is 13.1 Å². The Hall–Kier alpha value is -0.900. The molecule has 0 aliphatic carbocycles. The molecule has 15 heavy (non-hydrogen) atoms. The minimum absolute atomic E-state index is 0. The number of nitrogens with one attached hydrogen (secondary N) is 1. The van der Waals surface area contributed by atoms with Crippen molar-refractivity contribution in [3.8, 4) is 0 Å². The van der Waals surface area contributed by atoms with Gasteiger partial charge in [0.05, 0.1) is 5.82 Å². The van der Waals surface area contributed by atoms with Crippen molar-refractivity contribution in [1.29, 1.82) is 0 Å². The van der Waals surface area contributed by atoms with E-state index in [1.54, 1.807) is 0 Å². The van der Waals surface area contributed by atoms with Crippen molar-refractivity contribution in [3.63, 3.8) is 0 Å². The Labute approximate surface area is 103 Å². The van der Waals surface area contributed by atoms with Crippen LogP contribution in [0.5, 0.6) is 0 Å². The summed E-state index contributed by atoms with van der Waals surface area (Å²) in [6, 6.07) is 8.06. The van der Waals surface area contributed by atoms with Crippen LogP contribution >= 0.6 is 24.8 Å². The van der Waals surface area contributed by atoms with Crippen LogP contribution in [0.1, 0.15) is 11.1 Å². The molecule has 0 spiro atoms. The molecule has 0 bridgehead atoms. The van der Waals surface area contributed by atoms with Crippen molar-refractivity contribution in [2.75, 3.05) is 0 Å². The molecule has 0 aliphatic heterocycles. The van der Waals surface area contributed by atoms with E-state index in [1.165, 1.54) is 0 Å². The van der Waals surface area contributed by atoms with Crippen LogP contribution in [0.2, 0.25) is 0 Å². The van der Waals surface area contributed by atoms with Gasteiger partial charge in [0.15, 0.2) is 0 Å². The van der Waals surface area contributed by atoms with Gasteiger partial charge in [-0.25, -0.2) is 0 Å². The zero-order valence-corrected chi connectivity index (χ0v) is 10.0. The number of hydrogen-bond donors (Lipinski definition) is 3. The molecule has 0 fully saturated rings. The summed E-state index contributed by atoms with van der Waals surface area (Å²) < 4.78 is 0. The van der Waals surface area contributed by atoms with E-state index in [-0.39, 0.29) is 24.8 Å². The Morgan fingerprint density at radius 3 is 2.40 bits per heavy atom. The molecule has 0 saturated carbocycles. The van der Waals surface area contributed by atoms with Crippen molar-refractivity contribution in [1.82, 2.24) is 5.32 Å². The molecule has 3 nitrogen and oxygen atoms in total. The van der Waals surface area contributed by atoms with Crippen LogP contribution in [-0.2, 0) is 13.1 Å². The van der Waals surface area contributed by atoms with E-state index in [0.29, 0.717) is 18.9 Å². The van der Waals surface area contributed by atoms with Crippen molar-refractivity contribution in [2.24, 2.45) is 11.5 Å². The van der Waals surface area contributed by atoms with Gasteiger partial charge in [-0.1, -0.05) is 30.8 Å². The minimum Gasteiger partial charge on any atom is -0.386 e. The van der Waals surface area contributed by atoms with E-state index >= 15 is 0 Å². The Bertz CT molecular complexity index is 302. The highest BCUT2D eigenvalue weighted by molar-refractivity contribution is 5.85. The largest absolute Gasteiger partial charge is 0.386 e. The van der Waals surface area contributed by atoms with Crippen LogP contribution in [0, 0.1) is 0 Å². The number of nitrogens with two attached hydrogens (primary N) is 2. The molecule has 0 aliphatic rings. The molecular weight excluding hydrogens is 233 g/mol. The second-order valence-electron chi connectivity index (χ2n) is 2.90. The first-order valence-electron chi connectivity index (χ1n) is 4.18. The van der Waals surface area contributed by atoms with E-state index in [4.69, 9.17) is 11.5 Å². The topological polar surface area (TPSA) is 64.1 Å². The van der Waals surface area contributed by atoms with Gasteiger partial charge in [0.2, 0.25) is 0 Å². The molecule has 86 valence electrons. The Balaban J connectivity index is 0. The maximum absolute atomic E-state index is 5.51. The highest BCUT2D eigenvalue weighted by Gasteiger charge is 1.93. The molecule has 0 amide bonds. The normalized spacial score (nSPS) is 8.33. The summed E-state index contributed by atoms with van der Waals surface area (Å²) in [6.07, 6.45) is 0. The lowest BCUT2D eigenvalue weighted by atomic mass is 10.1. The summed E-state index contributed by atoms with van der Waals surface area (Å²) in [4.78, 5) is 0. The number of hydrogen-bond acceptors (Lipinski definition) is 3. The monoisotopic (exact) mass is 249 g/mol. The first-order chi connectivity index (χ1) is 6.22. The molecule has 0 aromatic heterocycles. The number of rotatable bonds is 4. The van der Waals surface area contributed by atoms with Gasteiger partial charge < -0.3 is 16.8 Å². The van der Waals surface area contributed by atoms with Crippen LogP contribution in [0.4, 0.5) is 0 Å². The smallest absolute Gasteiger partial charge is 0.0888 e. The van der Waals surface area contributed by atoms with Crippen LogP contribution in [0.25, 0.3) is 0 Å². The second-order valence-corrected chi connectivity index (χ2v) is 2.90. The lowest BCUT2D eigenvalue weighted by molar-refractivity contribution is 0.802. The molecule has 0 saturated heterocycles. The molecule has 1 aromatic rings. The van der Waals surface area contributed by atoms with Crippen molar-refractivity contribution in [3.05, 3.63) is 47.8 Å². The van der Waals surface area contributed by atoms with Gasteiger partial charge in [-0.3, -0.25) is 0 Å². The molecule has 0 unspecified atom stereocenters. The van der Waals surface area contributed by atoms with Crippen LogP contribution < -0.4 is 16.8 Å². The van der Waals surface area contributed by atoms with Crippen LogP contribution in [-0.4, -0.2) is 0 Å². The van der Waals surface area contributed by atoms with Crippen molar-refractivity contribution >= 4 is 24.8 Å². The van der Waals surface area contributed by atoms with Gasteiger partial charge in [-0.15, -0.1) is 24.8 Å². The fraction of sp³-hybridized carbons (Fsp3) is 0.200. The summed E-state index contributed by atoms with van der Waals surface area (Å²) in [5.74, 6) is 0.484. The number of benzene rings is 1. The molecule has 0 atom stereocenters. The average Bonchev–Trinajstić information content (AvgIpc) is 2.15. The third kappa shape index (κ3) is 6.23. The molecule has 0 heterocycles. The van der Waals surface area contributed by atoms with Gasteiger partial charge in [0.1, 0.15) is 0 Å². The maximum atomic E-state index is 5.51. The van der Waals surface area contributed by atoms with Gasteiger partial charge in [0, 0.05) is 13.1 Å². The summed E-state index contributed by atoms with van der Waals surface area (Å²) in [7, 11) is 0. The highest BCUT2D eigenvalue weighted by Crippen LogP contribution is 2.04. The summed E-state index contributed by atoms with van der Waals surface area (Å²) >= 11 is 0. The van der Waals surface area contributed by atoms with Crippen molar-refractivity contribution < 1.29 is 0 Å². The first-order valence-corrected chi connectivity index (χ1v) is 4.18. The van der Waals surface area contributed by atoms with E-state index in [2.05, 4.69) is 18.0 Å². The van der Waals surface area contributed by atoms with Gasteiger partial charge >= 0.3 is 0 Å². The third-order valence-corrected chi connectivity index (χ3v) is 1.75. The van der Waals surface area contributed by atoms with Crippen LogP contribution in [0.15, 0.2) is 36.7 Å². The molecule has 1 rings (SSSR count). The fourth-order valence-electron chi connectivity index (χ4n) is 1.08. The Morgan fingerprint density at radius 1 is 1.27 bits per heavy atom. The zero-order valence-electron chi connectivity index (χ0n) is 8.40. The first kappa shape index (κ1) is 16.5. The standard InChI is InChI=1S/C10H15N3.2ClH/c1-8(12)13-7-10-4-2-3-9(5-10)6-11;;/h2-5,13H,1,6-7,11-12H2;2*1H. The maximum Gasteiger partial charge on any atom is 0.0888 e. The van der Waals surface area contributed by atoms with E-state index < -0.39 is 0 Å². The number of halogens is 2. The summed E-state index contributed by atoms with van der Waals surface area (Å²) in [5.41, 5.74) is 13.2. The SMILES string of the molecule is C=C(N)NCc1cccc(CN)c1.Cl.Cl. The van der Waals surface area contributed by atoms with Gasteiger partial charge in [-0.2, -0.15) is 0 Å². The predicted octanol–water partition coefficient (Wildman–Crippen LogP) is 1.51. The van der Waals surface area contributed by atoms with Gasteiger partial charge in [-0.05, 0) is 11.1 Å². The molecule has 0 radical (unpaired) electrons. The minimum atomic E-state index is 0. The average molecular weight is 250 g/mol. The second kappa shape index (κ2) is 8.41. The van der Waals surface area contributed by atoms with E-state index in [0.717, 1.165) is 11.1 Å². The molecular formula is C10H17Cl2N3. The fourth-order valence-corrected chi connectivity index (χ4v) is 1.08. The zero-order chi connectivity index (χ0) is 9.68. The third-order valence-electron chi connectivity index (χ3n) is 1.75. The van der Waals surface area contributed by atoms with Gasteiger partial charge in [0.25, 0.3) is 0 Å². The summed E-state index contributed by atoms with van der Waals surface area (Å²) in [6.45, 7) is 4.82. The molecule has 5 N–H and O–H groups in total. The Morgan fingerprint density at radius 2 is 1.87 bits per heavy atom. The predicted molar refractivity (Wildman–Crippen MR) is 69.0 cm³/mol. The molecule has 5 heteroatoms. The highest BCUT2D eigenvalue weighted by atomic mass is 35.5. The lowest BCUT2D eigenvalue weighted by Gasteiger charge is -2.06. The lowest BCUT2D eigenvalue weighted by Crippen LogP contribution is -2.18. The van der Waals surface area contributed by atoms with Crippen LogP contribution in [0.3, 0.4) is 0 Å². The quantitative estimate of drug-likeness (QED) is 0.758. The van der Waals surface area contributed by atoms with E-state index in [1.807, 2.05) is 18.2 Å². The summed E-state index contributed by atoms with van der Waals surface area (Å²) in [5, 5.41) is 2.96. The Kier molecular flexibility index (Phi) is 9.27. The van der Waals surface area contributed by atoms with E-state index in [9.17, 15) is 0 Å².